The summed E-state index contributed by atoms with van der Waals surface area (Å²) < 4.78 is 13.7. The molecular weight excluding hydrogens is 293 g/mol. The molecule has 1 heterocycles. The molecule has 0 saturated heterocycles. The Hall–Kier alpha value is -3.02. The Morgan fingerprint density at radius 3 is 2.48 bits per heavy atom. The van der Waals surface area contributed by atoms with E-state index < -0.39 is 0 Å². The molecule has 5 nitrogen and oxygen atoms in total. The Labute approximate surface area is 133 Å². The number of halogens is 1. The monoisotopic (exact) mass is 309 g/mol. The number of benzene rings is 2. The van der Waals surface area contributed by atoms with Crippen molar-refractivity contribution in [1.29, 1.82) is 0 Å². The quantitative estimate of drug-likeness (QED) is 0.744. The summed E-state index contributed by atoms with van der Waals surface area (Å²) in [5, 5.41) is 13.9. The van der Waals surface area contributed by atoms with Gasteiger partial charge in [0.05, 0.1) is 11.9 Å². The third kappa shape index (κ3) is 3.60. The molecule has 3 rings (SSSR count). The van der Waals surface area contributed by atoms with Crippen molar-refractivity contribution in [3.05, 3.63) is 66.1 Å². The van der Waals surface area contributed by atoms with Crippen LogP contribution in [0, 0.1) is 5.82 Å². The van der Waals surface area contributed by atoms with E-state index in [0.717, 1.165) is 17.7 Å². The normalized spacial score (nSPS) is 10.3. The summed E-state index contributed by atoms with van der Waals surface area (Å²) in [5.74, 6) is 0.422. The van der Waals surface area contributed by atoms with Crippen molar-refractivity contribution in [3.63, 3.8) is 0 Å². The molecule has 0 aliphatic rings. The standard InChI is InChI=1S/C17H16FN5/c1-2-12-7-3-5-9-14(12)21-17-22-16(11-19-23-17)20-15-10-6-4-8-13(15)18/h3-11H,2H2,1H3,(H2,20,21,22,23). The van der Waals surface area contributed by atoms with Crippen LogP contribution in [0.4, 0.5) is 27.5 Å². The lowest BCUT2D eigenvalue weighted by Gasteiger charge is -2.10. The van der Waals surface area contributed by atoms with Gasteiger partial charge in [0.1, 0.15) is 5.82 Å². The predicted octanol–water partition coefficient (Wildman–Crippen LogP) is 4.06. The number of nitrogens with one attached hydrogen (secondary N) is 2. The summed E-state index contributed by atoms with van der Waals surface area (Å²) in [5.41, 5.74) is 2.43. The zero-order valence-electron chi connectivity index (χ0n) is 12.6. The average molecular weight is 309 g/mol. The van der Waals surface area contributed by atoms with Crippen LogP contribution in [-0.2, 0) is 6.42 Å². The van der Waals surface area contributed by atoms with Gasteiger partial charge in [0.2, 0.25) is 5.95 Å². The number of aryl methyl sites for hydroxylation is 1. The number of nitrogens with zero attached hydrogens (tertiary/aromatic N) is 3. The second-order valence-corrected chi connectivity index (χ2v) is 4.91. The van der Waals surface area contributed by atoms with Crippen LogP contribution in [0.25, 0.3) is 0 Å². The first kappa shape index (κ1) is 14.9. The van der Waals surface area contributed by atoms with Gasteiger partial charge in [0.15, 0.2) is 5.82 Å². The van der Waals surface area contributed by atoms with Crippen molar-refractivity contribution in [1.82, 2.24) is 15.2 Å². The van der Waals surface area contributed by atoms with E-state index in [0.29, 0.717) is 17.5 Å². The maximum absolute atomic E-state index is 13.7. The molecule has 0 spiro atoms. The fraction of sp³-hybridized carbons (Fsp3) is 0.118. The van der Waals surface area contributed by atoms with E-state index in [1.807, 2.05) is 24.3 Å². The van der Waals surface area contributed by atoms with Gasteiger partial charge in [0.25, 0.3) is 0 Å². The second kappa shape index (κ2) is 6.83. The van der Waals surface area contributed by atoms with E-state index in [1.54, 1.807) is 18.2 Å². The molecule has 0 fully saturated rings. The summed E-state index contributed by atoms with van der Waals surface area (Å²) >= 11 is 0. The summed E-state index contributed by atoms with van der Waals surface area (Å²) in [7, 11) is 0. The van der Waals surface area contributed by atoms with Crippen molar-refractivity contribution < 1.29 is 4.39 Å². The highest BCUT2D eigenvalue weighted by atomic mass is 19.1. The molecule has 0 aliphatic carbocycles. The molecule has 0 saturated carbocycles. The molecule has 2 N–H and O–H groups in total. The third-order valence-corrected chi connectivity index (χ3v) is 3.34. The number of anilines is 4. The molecular formula is C17H16FN5. The molecule has 6 heteroatoms. The molecule has 0 bridgehead atoms. The van der Waals surface area contributed by atoms with Crippen LogP contribution in [0.3, 0.4) is 0 Å². The molecule has 0 radical (unpaired) electrons. The zero-order chi connectivity index (χ0) is 16.1. The first-order chi connectivity index (χ1) is 11.3. The highest BCUT2D eigenvalue weighted by Gasteiger charge is 2.06. The van der Waals surface area contributed by atoms with E-state index in [9.17, 15) is 4.39 Å². The topological polar surface area (TPSA) is 62.7 Å². The van der Waals surface area contributed by atoms with Crippen LogP contribution in [-0.4, -0.2) is 15.2 Å². The summed E-state index contributed by atoms with van der Waals surface area (Å²) in [6, 6.07) is 14.3. The number of rotatable bonds is 5. The van der Waals surface area contributed by atoms with Crippen molar-refractivity contribution in [3.8, 4) is 0 Å². The largest absolute Gasteiger partial charge is 0.336 e. The van der Waals surface area contributed by atoms with Gasteiger partial charge in [-0.1, -0.05) is 37.3 Å². The molecule has 0 aliphatic heterocycles. The third-order valence-electron chi connectivity index (χ3n) is 3.34. The van der Waals surface area contributed by atoms with E-state index in [-0.39, 0.29) is 5.82 Å². The Morgan fingerprint density at radius 1 is 0.957 bits per heavy atom. The van der Waals surface area contributed by atoms with Gasteiger partial charge in [-0.25, -0.2) is 4.39 Å². The Bertz CT molecular complexity index is 806. The predicted molar refractivity (Wildman–Crippen MR) is 88.6 cm³/mol. The van der Waals surface area contributed by atoms with Crippen LogP contribution in [0.15, 0.2) is 54.7 Å². The van der Waals surface area contributed by atoms with Crippen molar-refractivity contribution in [2.24, 2.45) is 0 Å². The van der Waals surface area contributed by atoms with Crippen LogP contribution in [0.1, 0.15) is 12.5 Å². The van der Waals surface area contributed by atoms with Gasteiger partial charge in [-0.15, -0.1) is 5.10 Å². The summed E-state index contributed by atoms with van der Waals surface area (Å²) in [6.07, 6.45) is 2.34. The number of hydrogen-bond acceptors (Lipinski definition) is 5. The van der Waals surface area contributed by atoms with Gasteiger partial charge in [-0.3, -0.25) is 0 Å². The average Bonchev–Trinajstić information content (AvgIpc) is 2.58. The van der Waals surface area contributed by atoms with Gasteiger partial charge < -0.3 is 10.6 Å². The van der Waals surface area contributed by atoms with Crippen molar-refractivity contribution in [2.75, 3.05) is 10.6 Å². The Kier molecular flexibility index (Phi) is 4.42. The molecule has 0 amide bonds. The van der Waals surface area contributed by atoms with Crippen LogP contribution in [0.2, 0.25) is 0 Å². The van der Waals surface area contributed by atoms with E-state index >= 15 is 0 Å². The fourth-order valence-electron chi connectivity index (χ4n) is 2.19. The minimum Gasteiger partial charge on any atom is -0.336 e. The lowest BCUT2D eigenvalue weighted by molar-refractivity contribution is 0.632. The minimum atomic E-state index is -0.350. The van der Waals surface area contributed by atoms with Crippen LogP contribution < -0.4 is 10.6 Å². The number of hydrogen-bond donors (Lipinski definition) is 2. The minimum absolute atomic E-state index is 0.341. The highest BCUT2D eigenvalue weighted by molar-refractivity contribution is 5.61. The summed E-state index contributed by atoms with van der Waals surface area (Å²) in [4.78, 5) is 4.32. The molecule has 23 heavy (non-hydrogen) atoms. The highest BCUT2D eigenvalue weighted by Crippen LogP contribution is 2.21. The lowest BCUT2D eigenvalue weighted by atomic mass is 10.1. The molecule has 0 atom stereocenters. The van der Waals surface area contributed by atoms with Gasteiger partial charge in [-0.05, 0) is 30.2 Å². The first-order valence-corrected chi connectivity index (χ1v) is 7.32. The van der Waals surface area contributed by atoms with Crippen molar-refractivity contribution in [2.45, 2.75) is 13.3 Å². The number of aromatic nitrogens is 3. The summed E-state index contributed by atoms with van der Waals surface area (Å²) in [6.45, 7) is 2.08. The van der Waals surface area contributed by atoms with E-state index in [2.05, 4.69) is 32.7 Å². The second-order valence-electron chi connectivity index (χ2n) is 4.91. The van der Waals surface area contributed by atoms with Crippen molar-refractivity contribution >= 4 is 23.1 Å². The van der Waals surface area contributed by atoms with Gasteiger partial charge in [0, 0.05) is 5.69 Å². The Balaban J connectivity index is 1.81. The first-order valence-electron chi connectivity index (χ1n) is 7.32. The smallest absolute Gasteiger partial charge is 0.249 e. The van der Waals surface area contributed by atoms with E-state index in [4.69, 9.17) is 0 Å². The van der Waals surface area contributed by atoms with Crippen LogP contribution in [0.5, 0.6) is 0 Å². The van der Waals surface area contributed by atoms with Crippen LogP contribution >= 0.6 is 0 Å². The SMILES string of the molecule is CCc1ccccc1Nc1nncc(Nc2ccccc2F)n1. The molecule has 0 unspecified atom stereocenters. The molecule has 116 valence electrons. The van der Waals surface area contributed by atoms with Gasteiger partial charge in [-0.2, -0.15) is 10.1 Å². The Morgan fingerprint density at radius 2 is 1.70 bits per heavy atom. The van der Waals surface area contributed by atoms with E-state index in [1.165, 1.54) is 12.3 Å². The lowest BCUT2D eigenvalue weighted by Crippen LogP contribution is -2.04. The molecule has 1 aromatic heterocycles. The fourth-order valence-corrected chi connectivity index (χ4v) is 2.19. The van der Waals surface area contributed by atoms with Gasteiger partial charge >= 0.3 is 0 Å². The maximum atomic E-state index is 13.7. The maximum Gasteiger partial charge on any atom is 0.249 e. The number of para-hydroxylation sites is 2. The zero-order valence-corrected chi connectivity index (χ0v) is 12.6. The molecule has 3 aromatic rings. The molecule has 2 aromatic carbocycles.